The van der Waals surface area contributed by atoms with Crippen LogP contribution < -0.4 is 19.4 Å². The molecular formula is C26H39N2O3+. The maximum atomic E-state index is 12.6. The van der Waals surface area contributed by atoms with E-state index in [9.17, 15) is 4.79 Å². The van der Waals surface area contributed by atoms with E-state index in [-0.39, 0.29) is 5.91 Å². The second kappa shape index (κ2) is 14.4. The van der Waals surface area contributed by atoms with Gasteiger partial charge in [0.25, 0.3) is 5.91 Å². The van der Waals surface area contributed by atoms with Gasteiger partial charge in [0.2, 0.25) is 5.69 Å². The van der Waals surface area contributed by atoms with Crippen molar-refractivity contribution in [2.45, 2.75) is 78.3 Å². The summed E-state index contributed by atoms with van der Waals surface area (Å²) in [4.78, 5) is 12.6. The predicted octanol–water partition coefficient (Wildman–Crippen LogP) is 5.45. The lowest BCUT2D eigenvalue weighted by Crippen LogP contribution is -2.39. The number of aromatic nitrogens is 1. The van der Waals surface area contributed by atoms with Gasteiger partial charge in [-0.25, -0.2) is 4.57 Å². The summed E-state index contributed by atoms with van der Waals surface area (Å²) in [6, 6.07) is 11.4. The van der Waals surface area contributed by atoms with E-state index in [0.717, 1.165) is 18.7 Å². The molecule has 0 atom stereocenters. The summed E-state index contributed by atoms with van der Waals surface area (Å²) in [6.07, 6.45) is 12.2. The number of unbranched alkanes of at least 4 members (excludes halogenated alkanes) is 7. The number of carbonyl (C=O) groups is 1. The zero-order valence-corrected chi connectivity index (χ0v) is 19.5. The number of aryl methyl sites for hydroxylation is 1. The third-order valence-corrected chi connectivity index (χ3v) is 5.49. The van der Waals surface area contributed by atoms with Crippen molar-refractivity contribution < 1.29 is 18.8 Å². The number of hydrogen-bond donors (Lipinski definition) is 1. The molecule has 170 valence electrons. The Bertz CT molecular complexity index is 792. The van der Waals surface area contributed by atoms with Gasteiger partial charge in [-0.05, 0) is 31.5 Å². The largest absolute Gasteiger partial charge is 0.493 e. The third-order valence-electron chi connectivity index (χ3n) is 5.49. The number of ether oxygens (including phenoxy) is 2. The fourth-order valence-corrected chi connectivity index (χ4v) is 3.60. The number of carbonyl (C=O) groups excluding carboxylic acids is 1. The first-order chi connectivity index (χ1) is 15.2. The molecule has 0 aliphatic rings. The highest BCUT2D eigenvalue weighted by Gasteiger charge is 2.13. The van der Waals surface area contributed by atoms with Crippen LogP contribution in [0.15, 0.2) is 42.6 Å². The van der Waals surface area contributed by atoms with Crippen LogP contribution in [0.25, 0.3) is 0 Å². The number of nitrogens with zero attached hydrogens (tertiary/aromatic N) is 1. The van der Waals surface area contributed by atoms with Crippen LogP contribution in [0.5, 0.6) is 11.5 Å². The van der Waals surface area contributed by atoms with Crippen LogP contribution in [0.4, 0.5) is 0 Å². The molecule has 1 amide bonds. The molecule has 5 heteroatoms. The van der Waals surface area contributed by atoms with Crippen molar-refractivity contribution in [1.82, 2.24) is 5.32 Å². The highest BCUT2D eigenvalue weighted by molar-refractivity contribution is 5.94. The Morgan fingerprint density at radius 1 is 0.935 bits per heavy atom. The molecule has 2 aromatic rings. The molecule has 2 rings (SSSR count). The number of amides is 1. The molecule has 0 saturated carbocycles. The second-order valence-electron chi connectivity index (χ2n) is 7.85. The second-order valence-corrected chi connectivity index (χ2v) is 7.85. The van der Waals surface area contributed by atoms with Gasteiger partial charge in [-0.3, -0.25) is 4.79 Å². The number of methoxy groups -OCH3 is 1. The van der Waals surface area contributed by atoms with Gasteiger partial charge in [0, 0.05) is 17.7 Å². The summed E-state index contributed by atoms with van der Waals surface area (Å²) >= 11 is 0. The minimum Gasteiger partial charge on any atom is -0.493 e. The van der Waals surface area contributed by atoms with Crippen LogP contribution >= 0.6 is 0 Å². The summed E-state index contributed by atoms with van der Waals surface area (Å²) in [5.74, 6) is 1.16. The van der Waals surface area contributed by atoms with Gasteiger partial charge in [0.05, 0.1) is 13.7 Å². The Labute approximate surface area is 187 Å². The molecule has 0 unspecified atom stereocenters. The standard InChI is InChI=1S/C26H38N2O3/c1-4-6-7-8-9-10-11-14-19-31-24-17-16-22(20-25(24)30-3)26(29)27-21-23-15-12-13-18-28(23)5-2/h12-13,15-18,20H,4-11,14,19,21H2,1-3H3/p+1. The minimum absolute atomic E-state index is 0.126. The fraction of sp³-hybridized carbons (Fsp3) is 0.538. The van der Waals surface area contributed by atoms with E-state index in [1.54, 1.807) is 19.2 Å². The van der Waals surface area contributed by atoms with Crippen molar-refractivity contribution in [1.29, 1.82) is 0 Å². The van der Waals surface area contributed by atoms with Crippen LogP contribution in [0.2, 0.25) is 0 Å². The van der Waals surface area contributed by atoms with Crippen LogP contribution in [0.1, 0.15) is 81.3 Å². The van der Waals surface area contributed by atoms with Crippen molar-refractivity contribution in [3.8, 4) is 11.5 Å². The number of rotatable bonds is 15. The summed E-state index contributed by atoms with van der Waals surface area (Å²) in [5.41, 5.74) is 1.63. The number of nitrogens with one attached hydrogen (secondary N) is 1. The Kier molecular flexibility index (Phi) is 11.5. The Morgan fingerprint density at radius 3 is 2.39 bits per heavy atom. The molecular weight excluding hydrogens is 388 g/mol. The number of benzene rings is 1. The molecule has 31 heavy (non-hydrogen) atoms. The highest BCUT2D eigenvalue weighted by atomic mass is 16.5. The maximum Gasteiger partial charge on any atom is 0.251 e. The molecule has 0 aliphatic carbocycles. The molecule has 1 N–H and O–H groups in total. The fourth-order valence-electron chi connectivity index (χ4n) is 3.60. The van der Waals surface area contributed by atoms with Gasteiger partial charge in [0.1, 0.15) is 13.1 Å². The first kappa shape index (κ1) is 24.7. The van der Waals surface area contributed by atoms with E-state index in [4.69, 9.17) is 9.47 Å². The molecule has 1 heterocycles. The zero-order valence-electron chi connectivity index (χ0n) is 19.5. The average Bonchev–Trinajstić information content (AvgIpc) is 2.81. The zero-order chi connectivity index (χ0) is 22.3. The first-order valence-electron chi connectivity index (χ1n) is 11.8. The van der Waals surface area contributed by atoms with Gasteiger partial charge in [-0.15, -0.1) is 0 Å². The summed E-state index contributed by atoms with van der Waals surface area (Å²) in [7, 11) is 1.61. The maximum absolute atomic E-state index is 12.6. The van der Waals surface area contributed by atoms with Gasteiger partial charge in [-0.2, -0.15) is 0 Å². The van der Waals surface area contributed by atoms with Crippen LogP contribution in [0, 0.1) is 0 Å². The predicted molar refractivity (Wildman–Crippen MR) is 125 cm³/mol. The lowest BCUT2D eigenvalue weighted by Gasteiger charge is -2.12. The van der Waals surface area contributed by atoms with E-state index in [1.165, 1.54) is 44.9 Å². The van der Waals surface area contributed by atoms with Crippen molar-refractivity contribution in [2.75, 3.05) is 13.7 Å². The average molecular weight is 428 g/mol. The van der Waals surface area contributed by atoms with Gasteiger partial charge < -0.3 is 14.8 Å². The van der Waals surface area contributed by atoms with E-state index in [0.29, 0.717) is 30.2 Å². The van der Waals surface area contributed by atoms with Crippen LogP contribution in [-0.4, -0.2) is 19.6 Å². The molecule has 5 nitrogen and oxygen atoms in total. The summed E-state index contributed by atoms with van der Waals surface area (Å²) in [6.45, 7) is 6.35. The normalized spacial score (nSPS) is 10.7. The quantitative estimate of drug-likeness (QED) is 0.304. The Morgan fingerprint density at radius 2 is 1.68 bits per heavy atom. The monoisotopic (exact) mass is 427 g/mol. The van der Waals surface area contributed by atoms with E-state index < -0.39 is 0 Å². The molecule has 0 spiro atoms. The lowest BCUT2D eigenvalue weighted by atomic mass is 10.1. The molecule has 0 aliphatic heterocycles. The van der Waals surface area contributed by atoms with Crippen LogP contribution in [0.3, 0.4) is 0 Å². The van der Waals surface area contributed by atoms with Crippen molar-refractivity contribution in [3.05, 3.63) is 53.9 Å². The Balaban J connectivity index is 1.79. The lowest BCUT2D eigenvalue weighted by molar-refractivity contribution is -0.701. The van der Waals surface area contributed by atoms with Crippen molar-refractivity contribution >= 4 is 5.91 Å². The molecule has 0 fully saturated rings. The molecule has 0 saturated heterocycles. The third kappa shape index (κ3) is 8.60. The summed E-state index contributed by atoms with van der Waals surface area (Å²) < 4.78 is 13.5. The Hall–Kier alpha value is -2.56. The SMILES string of the molecule is CCCCCCCCCCOc1ccc(C(=O)NCc2cccc[n+]2CC)cc1OC. The van der Waals surface area contributed by atoms with Gasteiger partial charge in [0.15, 0.2) is 17.7 Å². The molecule has 0 radical (unpaired) electrons. The first-order valence-corrected chi connectivity index (χ1v) is 11.8. The highest BCUT2D eigenvalue weighted by Crippen LogP contribution is 2.28. The van der Waals surface area contributed by atoms with E-state index in [2.05, 4.69) is 23.7 Å². The smallest absolute Gasteiger partial charge is 0.251 e. The number of pyridine rings is 1. The van der Waals surface area contributed by atoms with Crippen molar-refractivity contribution in [3.63, 3.8) is 0 Å². The summed E-state index contributed by atoms with van der Waals surface area (Å²) in [5, 5.41) is 2.99. The molecule has 1 aromatic carbocycles. The van der Waals surface area contributed by atoms with Gasteiger partial charge >= 0.3 is 0 Å². The van der Waals surface area contributed by atoms with Gasteiger partial charge in [-0.1, -0.05) is 57.9 Å². The van der Waals surface area contributed by atoms with E-state index >= 15 is 0 Å². The van der Waals surface area contributed by atoms with Crippen LogP contribution in [-0.2, 0) is 13.1 Å². The van der Waals surface area contributed by atoms with E-state index in [1.807, 2.05) is 30.5 Å². The molecule has 1 aromatic heterocycles. The minimum atomic E-state index is -0.126. The topological polar surface area (TPSA) is 51.4 Å². The number of hydrogen-bond acceptors (Lipinski definition) is 3. The van der Waals surface area contributed by atoms with Crippen molar-refractivity contribution in [2.24, 2.45) is 0 Å². The molecule has 0 bridgehead atoms.